The zero-order chi connectivity index (χ0) is 23.6. The molecule has 0 bridgehead atoms. The number of carboxylic acids is 1. The highest BCUT2D eigenvalue weighted by Crippen LogP contribution is 2.19. The van der Waals surface area contributed by atoms with Crippen molar-refractivity contribution in [2.24, 2.45) is 5.73 Å². The van der Waals surface area contributed by atoms with Crippen LogP contribution in [-0.2, 0) is 19.2 Å². The Bertz CT molecular complexity index is 637. The van der Waals surface area contributed by atoms with Crippen LogP contribution < -0.4 is 16.4 Å². The molecule has 0 saturated carbocycles. The Morgan fingerprint density at radius 3 is 2.29 bits per heavy atom. The SMILES string of the molecule is CSCCC(N)C(=O)N1CCCC1C(=O)NC(CCSC)C(=O)NC(C(=O)O)C(C)O. The second-order valence-corrected chi connectivity index (χ2v) is 9.46. The Morgan fingerprint density at radius 1 is 1.13 bits per heavy atom. The largest absolute Gasteiger partial charge is 0.480 e. The summed E-state index contributed by atoms with van der Waals surface area (Å²) >= 11 is 3.06. The van der Waals surface area contributed by atoms with Gasteiger partial charge in [0, 0.05) is 6.54 Å². The number of nitrogens with one attached hydrogen (secondary N) is 2. The highest BCUT2D eigenvalue weighted by atomic mass is 32.2. The van der Waals surface area contributed by atoms with Crippen molar-refractivity contribution in [2.45, 2.75) is 62.9 Å². The van der Waals surface area contributed by atoms with Crippen molar-refractivity contribution in [2.75, 3.05) is 30.6 Å². The van der Waals surface area contributed by atoms with Gasteiger partial charge in [0.05, 0.1) is 12.1 Å². The Balaban J connectivity index is 2.86. The number of nitrogens with zero attached hydrogens (tertiary/aromatic N) is 1. The molecule has 10 nitrogen and oxygen atoms in total. The van der Waals surface area contributed by atoms with E-state index in [1.165, 1.54) is 23.6 Å². The molecule has 12 heteroatoms. The molecule has 0 aromatic carbocycles. The lowest BCUT2D eigenvalue weighted by Crippen LogP contribution is -2.58. The van der Waals surface area contributed by atoms with Crippen LogP contribution in [0.1, 0.15) is 32.6 Å². The maximum Gasteiger partial charge on any atom is 0.328 e. The average Bonchev–Trinajstić information content (AvgIpc) is 3.21. The third kappa shape index (κ3) is 8.51. The van der Waals surface area contributed by atoms with Crippen LogP contribution in [0.5, 0.6) is 0 Å². The van der Waals surface area contributed by atoms with Crippen LogP contribution in [-0.4, -0.2) is 99.6 Å². The van der Waals surface area contributed by atoms with Crippen molar-refractivity contribution < 1.29 is 29.4 Å². The Kier molecular flexibility index (Phi) is 12.3. The van der Waals surface area contributed by atoms with Crippen LogP contribution in [0.3, 0.4) is 0 Å². The number of aliphatic carboxylic acids is 1. The van der Waals surface area contributed by atoms with Gasteiger partial charge in [-0.2, -0.15) is 23.5 Å². The van der Waals surface area contributed by atoms with Crippen molar-refractivity contribution in [3.63, 3.8) is 0 Å². The van der Waals surface area contributed by atoms with Crippen molar-refractivity contribution in [3.05, 3.63) is 0 Å². The first-order valence-electron chi connectivity index (χ1n) is 10.2. The standard InChI is InChI=1S/C19H34N4O6S2/c1-11(24)15(19(28)29)22-16(25)13(7-10-31-3)21-17(26)14-5-4-8-23(14)18(27)12(20)6-9-30-2/h11-15,24H,4-10,20H2,1-3H3,(H,21,26)(H,22,25)(H,28,29). The van der Waals surface area contributed by atoms with E-state index in [0.717, 1.165) is 5.75 Å². The summed E-state index contributed by atoms with van der Waals surface area (Å²) in [5.41, 5.74) is 5.99. The monoisotopic (exact) mass is 478 g/mol. The third-order valence-electron chi connectivity index (χ3n) is 5.08. The van der Waals surface area contributed by atoms with Crippen LogP contribution in [0, 0.1) is 0 Å². The van der Waals surface area contributed by atoms with E-state index in [1.807, 2.05) is 12.5 Å². The molecule has 1 saturated heterocycles. The van der Waals surface area contributed by atoms with E-state index in [1.54, 1.807) is 11.8 Å². The van der Waals surface area contributed by atoms with Crippen LogP contribution in [0.25, 0.3) is 0 Å². The molecule has 0 spiro atoms. The maximum atomic E-state index is 12.9. The van der Waals surface area contributed by atoms with Gasteiger partial charge in [-0.3, -0.25) is 14.4 Å². The molecule has 5 unspecified atom stereocenters. The van der Waals surface area contributed by atoms with E-state index in [0.29, 0.717) is 31.6 Å². The van der Waals surface area contributed by atoms with Gasteiger partial charge < -0.3 is 31.5 Å². The normalized spacial score (nSPS) is 19.9. The smallest absolute Gasteiger partial charge is 0.328 e. The zero-order valence-corrected chi connectivity index (χ0v) is 19.8. The molecule has 5 atom stereocenters. The maximum absolute atomic E-state index is 12.9. The summed E-state index contributed by atoms with van der Waals surface area (Å²) < 4.78 is 0. The fraction of sp³-hybridized carbons (Fsp3) is 0.789. The van der Waals surface area contributed by atoms with Crippen LogP contribution in [0.4, 0.5) is 0 Å². The average molecular weight is 479 g/mol. The topological polar surface area (TPSA) is 162 Å². The second kappa shape index (κ2) is 13.8. The molecule has 6 N–H and O–H groups in total. The Labute approximate surface area is 191 Å². The lowest BCUT2D eigenvalue weighted by atomic mass is 10.1. The van der Waals surface area contributed by atoms with Gasteiger partial charge in [-0.15, -0.1) is 0 Å². The summed E-state index contributed by atoms with van der Waals surface area (Å²) in [6, 6.07) is -3.87. The highest BCUT2D eigenvalue weighted by molar-refractivity contribution is 7.98. The molecule has 0 radical (unpaired) electrons. The van der Waals surface area contributed by atoms with Crippen molar-refractivity contribution in [1.82, 2.24) is 15.5 Å². The molecule has 1 aliphatic rings. The predicted molar refractivity (Wildman–Crippen MR) is 122 cm³/mol. The molecule has 0 aliphatic carbocycles. The van der Waals surface area contributed by atoms with Gasteiger partial charge >= 0.3 is 5.97 Å². The summed E-state index contributed by atoms with van der Waals surface area (Å²) in [6.07, 6.45) is 4.39. The first-order chi connectivity index (χ1) is 14.6. The number of carbonyl (C=O) groups is 4. The van der Waals surface area contributed by atoms with E-state index < -0.39 is 48.1 Å². The number of nitrogens with two attached hydrogens (primary N) is 1. The van der Waals surface area contributed by atoms with Gasteiger partial charge in [0.1, 0.15) is 12.1 Å². The number of aliphatic hydroxyl groups is 1. The summed E-state index contributed by atoms with van der Waals surface area (Å²) in [4.78, 5) is 51.0. The molecular formula is C19H34N4O6S2. The quantitative estimate of drug-likeness (QED) is 0.229. The van der Waals surface area contributed by atoms with Gasteiger partial charge in [-0.25, -0.2) is 4.79 Å². The first kappa shape index (κ1) is 27.5. The molecular weight excluding hydrogens is 444 g/mol. The molecule has 0 aromatic heterocycles. The fourth-order valence-electron chi connectivity index (χ4n) is 3.30. The summed E-state index contributed by atoms with van der Waals surface area (Å²) in [5.74, 6) is -1.52. The number of hydrogen-bond donors (Lipinski definition) is 5. The lowest BCUT2D eigenvalue weighted by molar-refractivity contribution is -0.145. The van der Waals surface area contributed by atoms with Gasteiger partial charge in [-0.1, -0.05) is 0 Å². The van der Waals surface area contributed by atoms with E-state index in [-0.39, 0.29) is 12.3 Å². The summed E-state index contributed by atoms with van der Waals surface area (Å²) in [7, 11) is 0. The molecule has 1 rings (SSSR count). The van der Waals surface area contributed by atoms with E-state index in [2.05, 4.69) is 10.6 Å². The Morgan fingerprint density at radius 2 is 1.74 bits per heavy atom. The predicted octanol–water partition coefficient (Wildman–Crippen LogP) is -0.754. The number of likely N-dealkylation sites (tertiary alicyclic amines) is 1. The number of hydrogen-bond acceptors (Lipinski definition) is 8. The van der Waals surface area contributed by atoms with Gasteiger partial charge in [0.15, 0.2) is 6.04 Å². The molecule has 1 aliphatic heterocycles. The van der Waals surface area contributed by atoms with Crippen molar-refractivity contribution in [1.29, 1.82) is 0 Å². The van der Waals surface area contributed by atoms with E-state index in [4.69, 9.17) is 5.73 Å². The number of thioether (sulfide) groups is 2. The lowest BCUT2D eigenvalue weighted by Gasteiger charge is -2.28. The van der Waals surface area contributed by atoms with Crippen LogP contribution in [0.15, 0.2) is 0 Å². The number of carbonyl (C=O) groups excluding carboxylic acids is 3. The van der Waals surface area contributed by atoms with Gasteiger partial charge in [0.25, 0.3) is 0 Å². The molecule has 178 valence electrons. The molecule has 31 heavy (non-hydrogen) atoms. The molecule has 0 aromatic rings. The van der Waals surface area contributed by atoms with Gasteiger partial charge in [0.2, 0.25) is 17.7 Å². The van der Waals surface area contributed by atoms with Crippen LogP contribution >= 0.6 is 23.5 Å². The molecule has 3 amide bonds. The Hall–Kier alpha value is -1.50. The van der Waals surface area contributed by atoms with Crippen LogP contribution in [0.2, 0.25) is 0 Å². The zero-order valence-electron chi connectivity index (χ0n) is 18.2. The number of rotatable bonds is 13. The van der Waals surface area contributed by atoms with Crippen molar-refractivity contribution in [3.8, 4) is 0 Å². The first-order valence-corrected chi connectivity index (χ1v) is 13.0. The van der Waals surface area contributed by atoms with E-state index in [9.17, 15) is 29.4 Å². The second-order valence-electron chi connectivity index (χ2n) is 7.49. The third-order valence-corrected chi connectivity index (χ3v) is 6.37. The summed E-state index contributed by atoms with van der Waals surface area (Å²) in [5, 5.41) is 23.7. The number of carboxylic acid groups (broad SMARTS) is 1. The van der Waals surface area contributed by atoms with Crippen molar-refractivity contribution >= 4 is 47.2 Å². The number of amides is 3. The highest BCUT2D eigenvalue weighted by Gasteiger charge is 2.38. The minimum absolute atomic E-state index is 0.277. The van der Waals surface area contributed by atoms with Gasteiger partial charge in [-0.05, 0) is 56.6 Å². The minimum Gasteiger partial charge on any atom is -0.480 e. The summed E-state index contributed by atoms with van der Waals surface area (Å²) in [6.45, 7) is 1.69. The fourth-order valence-corrected chi connectivity index (χ4v) is 4.26. The number of aliphatic hydroxyl groups excluding tert-OH is 1. The molecule has 1 heterocycles. The molecule has 1 fully saturated rings. The van der Waals surface area contributed by atoms with E-state index >= 15 is 0 Å². The minimum atomic E-state index is -1.49.